The second-order valence-corrected chi connectivity index (χ2v) is 5.11. The number of rotatable bonds is 6. The Morgan fingerprint density at radius 3 is 2.68 bits per heavy atom. The maximum atomic E-state index is 12.5. The van der Waals surface area contributed by atoms with Gasteiger partial charge in [-0.3, -0.25) is 14.5 Å². The molecule has 0 fully saturated rings. The first-order valence-electron chi connectivity index (χ1n) is 6.75. The Labute approximate surface area is 130 Å². The zero-order chi connectivity index (χ0) is 16.8. The number of nitrogens with one attached hydrogen (secondary N) is 1. The molecule has 0 unspecified atom stereocenters. The molecule has 1 aliphatic heterocycles. The van der Waals surface area contributed by atoms with Crippen molar-refractivity contribution in [2.75, 3.05) is 6.73 Å². The Morgan fingerprint density at radius 2 is 2.14 bits per heavy atom. The minimum Gasteiger partial charge on any atom is -0.477 e. The summed E-state index contributed by atoms with van der Waals surface area (Å²) in [6.45, 7) is 12.1. The molecule has 6 nitrogen and oxygen atoms in total. The van der Waals surface area contributed by atoms with Crippen LogP contribution in [0, 0.1) is 0 Å². The highest BCUT2D eigenvalue weighted by atomic mass is 16.5. The fourth-order valence-electron chi connectivity index (χ4n) is 1.71. The molecule has 2 amide bonds. The highest BCUT2D eigenvalue weighted by Crippen LogP contribution is 2.20. The lowest BCUT2D eigenvalue weighted by atomic mass is 10.0. The SMILES string of the molecule is C=CC=N/C(=C\C=C)NC(=O)C(C)(C)N1COC(C)=CC1=O. The maximum absolute atomic E-state index is 12.5. The number of aliphatic imine (C=N–C) groups is 1. The first-order valence-corrected chi connectivity index (χ1v) is 6.75. The van der Waals surface area contributed by atoms with E-state index in [9.17, 15) is 9.59 Å². The van der Waals surface area contributed by atoms with E-state index in [1.54, 1.807) is 26.8 Å². The quantitative estimate of drug-likeness (QED) is 0.601. The molecule has 0 saturated heterocycles. The van der Waals surface area contributed by atoms with E-state index in [0.717, 1.165) is 0 Å². The van der Waals surface area contributed by atoms with Gasteiger partial charge in [-0.25, -0.2) is 4.99 Å². The number of hydrogen-bond acceptors (Lipinski definition) is 4. The summed E-state index contributed by atoms with van der Waals surface area (Å²) < 4.78 is 5.33. The van der Waals surface area contributed by atoms with Gasteiger partial charge in [-0.05, 0) is 26.8 Å². The Bertz CT molecular complexity index is 571. The van der Waals surface area contributed by atoms with Crippen LogP contribution >= 0.6 is 0 Å². The van der Waals surface area contributed by atoms with Crippen LogP contribution in [0.3, 0.4) is 0 Å². The number of nitrogens with zero attached hydrogens (tertiary/aromatic N) is 2. The lowest BCUT2D eigenvalue weighted by Crippen LogP contribution is -2.58. The molecule has 6 heteroatoms. The standard InChI is InChI=1S/C16H21N3O3/c1-6-8-13(17-9-7-2)18-15(21)16(4,5)19-11-22-12(3)10-14(19)20/h6-10H,1-2,11H2,3-5H3,(H,18,21)/b13-8+,17-9?. The van der Waals surface area contributed by atoms with E-state index in [4.69, 9.17) is 4.74 Å². The fourth-order valence-corrected chi connectivity index (χ4v) is 1.71. The number of carbonyl (C=O) groups excluding carboxylic acids is 2. The van der Waals surface area contributed by atoms with Gasteiger partial charge in [0, 0.05) is 12.3 Å². The van der Waals surface area contributed by atoms with Crippen molar-refractivity contribution in [3.8, 4) is 0 Å². The van der Waals surface area contributed by atoms with Gasteiger partial charge >= 0.3 is 0 Å². The predicted octanol–water partition coefficient (Wildman–Crippen LogP) is 1.89. The summed E-state index contributed by atoms with van der Waals surface area (Å²) in [6, 6.07) is 0. The van der Waals surface area contributed by atoms with Crippen LogP contribution in [0.5, 0.6) is 0 Å². The van der Waals surface area contributed by atoms with Crippen LogP contribution in [0.4, 0.5) is 0 Å². The number of ether oxygens (including phenoxy) is 1. The van der Waals surface area contributed by atoms with Crippen LogP contribution in [-0.4, -0.2) is 35.2 Å². The number of amides is 2. The maximum Gasteiger partial charge on any atom is 0.253 e. The molecule has 1 N–H and O–H groups in total. The summed E-state index contributed by atoms with van der Waals surface area (Å²) in [5, 5.41) is 2.66. The van der Waals surface area contributed by atoms with Crippen molar-refractivity contribution in [3.05, 3.63) is 49.0 Å². The van der Waals surface area contributed by atoms with Crippen molar-refractivity contribution in [1.82, 2.24) is 10.2 Å². The molecule has 0 radical (unpaired) electrons. The minimum atomic E-state index is -1.10. The zero-order valence-electron chi connectivity index (χ0n) is 13.1. The van der Waals surface area contributed by atoms with Gasteiger partial charge < -0.3 is 10.1 Å². The molecular formula is C16H21N3O3. The summed E-state index contributed by atoms with van der Waals surface area (Å²) in [6.07, 6.45) is 7.35. The van der Waals surface area contributed by atoms with Crippen LogP contribution in [0.1, 0.15) is 20.8 Å². The molecule has 0 atom stereocenters. The van der Waals surface area contributed by atoms with E-state index in [-0.39, 0.29) is 18.5 Å². The molecular weight excluding hydrogens is 282 g/mol. The topological polar surface area (TPSA) is 71.0 Å². The third-order valence-corrected chi connectivity index (χ3v) is 3.08. The van der Waals surface area contributed by atoms with Gasteiger partial charge in [0.2, 0.25) is 0 Å². The van der Waals surface area contributed by atoms with E-state index < -0.39 is 5.54 Å². The minimum absolute atomic E-state index is 0.0258. The molecule has 0 aromatic rings. The van der Waals surface area contributed by atoms with Crippen molar-refractivity contribution in [2.24, 2.45) is 4.99 Å². The highest BCUT2D eigenvalue weighted by Gasteiger charge is 2.39. The molecule has 22 heavy (non-hydrogen) atoms. The number of hydrogen-bond donors (Lipinski definition) is 1. The molecule has 1 heterocycles. The number of carbonyl (C=O) groups is 2. The van der Waals surface area contributed by atoms with Gasteiger partial charge in [0.1, 0.15) is 17.1 Å². The molecule has 0 aliphatic carbocycles. The molecule has 0 bridgehead atoms. The van der Waals surface area contributed by atoms with E-state index in [0.29, 0.717) is 11.6 Å². The fraction of sp³-hybridized carbons (Fsp3) is 0.312. The second kappa shape index (κ2) is 7.40. The van der Waals surface area contributed by atoms with Crippen molar-refractivity contribution in [3.63, 3.8) is 0 Å². The number of allylic oxidation sites excluding steroid dienone is 4. The largest absolute Gasteiger partial charge is 0.477 e. The second-order valence-electron chi connectivity index (χ2n) is 5.11. The van der Waals surface area contributed by atoms with Crippen LogP contribution in [-0.2, 0) is 14.3 Å². The van der Waals surface area contributed by atoms with Crippen molar-refractivity contribution >= 4 is 18.0 Å². The molecule has 0 aromatic carbocycles. The average Bonchev–Trinajstić information content (AvgIpc) is 2.44. The van der Waals surface area contributed by atoms with Gasteiger partial charge in [-0.1, -0.05) is 25.3 Å². The van der Waals surface area contributed by atoms with Crippen LogP contribution in [0.25, 0.3) is 0 Å². The van der Waals surface area contributed by atoms with E-state index in [2.05, 4.69) is 23.5 Å². The van der Waals surface area contributed by atoms with Gasteiger partial charge in [0.05, 0.1) is 0 Å². The molecule has 1 rings (SSSR count). The van der Waals surface area contributed by atoms with E-state index >= 15 is 0 Å². The van der Waals surface area contributed by atoms with Gasteiger partial charge in [0.15, 0.2) is 6.73 Å². The third kappa shape index (κ3) is 4.18. The van der Waals surface area contributed by atoms with Gasteiger partial charge in [-0.2, -0.15) is 0 Å². The van der Waals surface area contributed by atoms with E-state index in [1.807, 2.05) is 0 Å². The first-order chi connectivity index (χ1) is 10.3. The van der Waals surface area contributed by atoms with Gasteiger partial charge in [-0.15, -0.1) is 0 Å². The summed E-state index contributed by atoms with van der Waals surface area (Å²) in [5.41, 5.74) is -1.10. The highest BCUT2D eigenvalue weighted by molar-refractivity contribution is 5.96. The lowest BCUT2D eigenvalue weighted by Gasteiger charge is -2.38. The Hall–Kier alpha value is -2.63. The third-order valence-electron chi connectivity index (χ3n) is 3.08. The van der Waals surface area contributed by atoms with E-state index in [1.165, 1.54) is 29.3 Å². The van der Waals surface area contributed by atoms with Crippen molar-refractivity contribution < 1.29 is 14.3 Å². The predicted molar refractivity (Wildman–Crippen MR) is 85.7 cm³/mol. The Kier molecular flexibility index (Phi) is 5.86. The monoisotopic (exact) mass is 303 g/mol. The van der Waals surface area contributed by atoms with Crippen molar-refractivity contribution in [2.45, 2.75) is 26.3 Å². The molecule has 118 valence electrons. The lowest BCUT2D eigenvalue weighted by molar-refractivity contribution is -0.150. The zero-order valence-corrected chi connectivity index (χ0v) is 13.1. The first kappa shape index (κ1) is 17.4. The summed E-state index contributed by atoms with van der Waals surface area (Å²) in [5.74, 6) is 0.185. The molecule has 0 spiro atoms. The average molecular weight is 303 g/mol. The molecule has 1 aliphatic rings. The van der Waals surface area contributed by atoms with Crippen LogP contribution in [0.2, 0.25) is 0 Å². The smallest absolute Gasteiger partial charge is 0.253 e. The molecule has 0 aromatic heterocycles. The Balaban J connectivity index is 2.92. The Morgan fingerprint density at radius 1 is 1.45 bits per heavy atom. The van der Waals surface area contributed by atoms with Crippen LogP contribution < -0.4 is 5.32 Å². The van der Waals surface area contributed by atoms with Crippen LogP contribution in [0.15, 0.2) is 54.0 Å². The van der Waals surface area contributed by atoms with Crippen molar-refractivity contribution in [1.29, 1.82) is 0 Å². The normalized spacial score (nSPS) is 16.1. The van der Waals surface area contributed by atoms with Gasteiger partial charge in [0.25, 0.3) is 11.8 Å². The summed E-state index contributed by atoms with van der Waals surface area (Å²) in [7, 11) is 0. The molecule has 0 saturated carbocycles. The summed E-state index contributed by atoms with van der Waals surface area (Å²) >= 11 is 0. The summed E-state index contributed by atoms with van der Waals surface area (Å²) in [4.78, 5) is 29.9.